The van der Waals surface area contributed by atoms with E-state index in [4.69, 9.17) is 16.4 Å². The molecule has 0 atom stereocenters. The summed E-state index contributed by atoms with van der Waals surface area (Å²) in [4.78, 5) is 12.2. The highest BCUT2D eigenvalue weighted by atomic mass is 35.5. The monoisotopic (exact) mass is 183 g/mol. The Kier molecular flexibility index (Phi) is 3.23. The Labute approximate surface area is 76.6 Å². The van der Waals surface area contributed by atoms with Crippen molar-refractivity contribution in [3.8, 4) is 0 Å². The second kappa shape index (κ2) is 4.21. The number of carbonyl (C=O) groups is 1. The summed E-state index contributed by atoms with van der Waals surface area (Å²) in [6.07, 6.45) is 2.57. The molecule has 0 aliphatic heterocycles. The minimum Gasteiger partial charge on any atom is -0.307 e. The number of hydrogen-bond donors (Lipinski definition) is 0. The van der Waals surface area contributed by atoms with Crippen LogP contribution < -0.4 is 0 Å². The SMILES string of the molecule is C=O.Clc1cccc(C2CC2)n1. The fraction of sp³-hybridized carbons (Fsp3) is 0.333. The maximum atomic E-state index is 8.00. The molecule has 0 N–H and O–H groups in total. The van der Waals surface area contributed by atoms with E-state index in [1.54, 1.807) is 0 Å². The minimum atomic E-state index is 0.615. The molecule has 1 aromatic rings. The van der Waals surface area contributed by atoms with E-state index >= 15 is 0 Å². The first-order valence-electron chi connectivity index (χ1n) is 3.77. The molecule has 1 aliphatic rings. The van der Waals surface area contributed by atoms with Crippen molar-refractivity contribution < 1.29 is 4.79 Å². The first kappa shape index (κ1) is 9.20. The lowest BCUT2D eigenvalue weighted by Crippen LogP contribution is -1.83. The summed E-state index contributed by atoms with van der Waals surface area (Å²) in [5.74, 6) is 0.707. The number of nitrogens with zero attached hydrogens (tertiary/aromatic N) is 1. The maximum absolute atomic E-state index is 8.00. The van der Waals surface area contributed by atoms with Gasteiger partial charge in [0.15, 0.2) is 0 Å². The van der Waals surface area contributed by atoms with Crippen LogP contribution in [0.25, 0.3) is 0 Å². The molecular formula is C9H10ClNO. The molecule has 0 unspecified atom stereocenters. The smallest absolute Gasteiger partial charge is 0.129 e. The minimum absolute atomic E-state index is 0.615. The van der Waals surface area contributed by atoms with E-state index in [0.717, 1.165) is 5.69 Å². The van der Waals surface area contributed by atoms with Crippen molar-refractivity contribution in [3.05, 3.63) is 29.0 Å². The molecule has 64 valence electrons. The Morgan fingerprint density at radius 1 is 1.42 bits per heavy atom. The third-order valence-corrected chi connectivity index (χ3v) is 1.94. The normalized spacial score (nSPS) is 14.8. The summed E-state index contributed by atoms with van der Waals surface area (Å²) >= 11 is 5.71. The van der Waals surface area contributed by atoms with Gasteiger partial charge in [0.1, 0.15) is 11.9 Å². The molecule has 0 bridgehead atoms. The summed E-state index contributed by atoms with van der Waals surface area (Å²) in [5, 5.41) is 0.615. The topological polar surface area (TPSA) is 30.0 Å². The molecule has 1 aromatic heterocycles. The fourth-order valence-electron chi connectivity index (χ4n) is 1.03. The summed E-state index contributed by atoms with van der Waals surface area (Å²) in [7, 11) is 0. The zero-order valence-corrected chi connectivity index (χ0v) is 7.42. The van der Waals surface area contributed by atoms with Crippen LogP contribution >= 0.6 is 11.6 Å². The van der Waals surface area contributed by atoms with Gasteiger partial charge in [-0.25, -0.2) is 4.98 Å². The molecule has 0 amide bonds. The van der Waals surface area contributed by atoms with Crippen molar-refractivity contribution in [2.45, 2.75) is 18.8 Å². The number of carbonyl (C=O) groups excluding carboxylic acids is 1. The predicted octanol–water partition coefficient (Wildman–Crippen LogP) is 2.43. The summed E-state index contributed by atoms with van der Waals surface area (Å²) in [5.41, 5.74) is 1.16. The van der Waals surface area contributed by atoms with Crippen molar-refractivity contribution in [2.24, 2.45) is 0 Å². The van der Waals surface area contributed by atoms with Gasteiger partial charge in [-0.3, -0.25) is 0 Å². The van der Waals surface area contributed by atoms with Crippen LogP contribution in [0.5, 0.6) is 0 Å². The second-order valence-electron chi connectivity index (χ2n) is 2.66. The lowest BCUT2D eigenvalue weighted by Gasteiger charge is -1.94. The Morgan fingerprint density at radius 3 is 2.58 bits per heavy atom. The lowest BCUT2D eigenvalue weighted by molar-refractivity contribution is -0.0979. The standard InChI is InChI=1S/C8H8ClN.CH2O/c9-8-3-1-2-7(10-8)6-4-5-6;1-2/h1-3,6H,4-5H2;1H2. The molecule has 0 saturated heterocycles. The maximum Gasteiger partial charge on any atom is 0.129 e. The average Bonchev–Trinajstić information content (AvgIpc) is 2.90. The lowest BCUT2D eigenvalue weighted by atomic mass is 10.3. The van der Waals surface area contributed by atoms with Gasteiger partial charge >= 0.3 is 0 Å². The van der Waals surface area contributed by atoms with Gasteiger partial charge in [0.05, 0.1) is 0 Å². The molecule has 1 aliphatic carbocycles. The Balaban J connectivity index is 0.000000336. The van der Waals surface area contributed by atoms with E-state index < -0.39 is 0 Å². The molecule has 12 heavy (non-hydrogen) atoms. The van der Waals surface area contributed by atoms with Crippen LogP contribution in [0.3, 0.4) is 0 Å². The molecule has 0 aromatic carbocycles. The highest BCUT2D eigenvalue weighted by Crippen LogP contribution is 2.38. The second-order valence-corrected chi connectivity index (χ2v) is 3.05. The van der Waals surface area contributed by atoms with Crippen molar-refractivity contribution in [3.63, 3.8) is 0 Å². The van der Waals surface area contributed by atoms with E-state index in [-0.39, 0.29) is 0 Å². The van der Waals surface area contributed by atoms with Gasteiger partial charge in [0.2, 0.25) is 0 Å². The predicted molar refractivity (Wildman–Crippen MR) is 48.3 cm³/mol. The van der Waals surface area contributed by atoms with Crippen LogP contribution in [-0.4, -0.2) is 11.8 Å². The highest BCUT2D eigenvalue weighted by molar-refractivity contribution is 6.29. The summed E-state index contributed by atoms with van der Waals surface area (Å²) < 4.78 is 0. The van der Waals surface area contributed by atoms with Gasteiger partial charge in [-0.15, -0.1) is 0 Å². The number of halogens is 1. The molecule has 1 heterocycles. The van der Waals surface area contributed by atoms with E-state index in [0.29, 0.717) is 11.1 Å². The molecule has 1 fully saturated rings. The van der Waals surface area contributed by atoms with E-state index in [2.05, 4.69) is 4.98 Å². The quantitative estimate of drug-likeness (QED) is 0.626. The first-order valence-corrected chi connectivity index (χ1v) is 4.15. The zero-order chi connectivity index (χ0) is 8.97. The molecular weight excluding hydrogens is 174 g/mol. The molecule has 1 saturated carbocycles. The Hall–Kier alpha value is -0.890. The van der Waals surface area contributed by atoms with Gasteiger partial charge in [-0.1, -0.05) is 17.7 Å². The van der Waals surface area contributed by atoms with Gasteiger partial charge in [-0.2, -0.15) is 0 Å². The van der Waals surface area contributed by atoms with E-state index in [1.807, 2.05) is 25.0 Å². The largest absolute Gasteiger partial charge is 0.307 e. The van der Waals surface area contributed by atoms with Crippen LogP contribution in [0, 0.1) is 0 Å². The molecule has 0 radical (unpaired) electrons. The zero-order valence-electron chi connectivity index (χ0n) is 6.66. The van der Waals surface area contributed by atoms with Crippen LogP contribution in [0.4, 0.5) is 0 Å². The van der Waals surface area contributed by atoms with Crippen LogP contribution in [-0.2, 0) is 4.79 Å². The Morgan fingerprint density at radius 2 is 2.08 bits per heavy atom. The molecule has 0 spiro atoms. The van der Waals surface area contributed by atoms with E-state index in [1.165, 1.54) is 12.8 Å². The van der Waals surface area contributed by atoms with Crippen molar-refractivity contribution in [1.82, 2.24) is 4.98 Å². The molecule has 2 nitrogen and oxygen atoms in total. The number of aromatic nitrogens is 1. The van der Waals surface area contributed by atoms with Crippen molar-refractivity contribution in [2.75, 3.05) is 0 Å². The number of pyridine rings is 1. The van der Waals surface area contributed by atoms with Crippen molar-refractivity contribution >= 4 is 18.4 Å². The summed E-state index contributed by atoms with van der Waals surface area (Å²) in [6.45, 7) is 2.00. The van der Waals surface area contributed by atoms with E-state index in [9.17, 15) is 0 Å². The van der Waals surface area contributed by atoms with Crippen molar-refractivity contribution in [1.29, 1.82) is 0 Å². The van der Waals surface area contributed by atoms with Crippen LogP contribution in [0.2, 0.25) is 5.15 Å². The Bertz CT molecular complexity index is 260. The third kappa shape index (κ3) is 2.31. The van der Waals surface area contributed by atoms with Gasteiger partial charge in [-0.05, 0) is 25.0 Å². The number of rotatable bonds is 1. The van der Waals surface area contributed by atoms with Gasteiger partial charge in [0.25, 0.3) is 0 Å². The van der Waals surface area contributed by atoms with Gasteiger partial charge < -0.3 is 4.79 Å². The molecule has 2 rings (SSSR count). The highest BCUT2D eigenvalue weighted by Gasteiger charge is 2.24. The fourth-order valence-corrected chi connectivity index (χ4v) is 1.20. The van der Waals surface area contributed by atoms with Gasteiger partial charge in [0, 0.05) is 11.6 Å². The van der Waals surface area contributed by atoms with Crippen LogP contribution in [0.15, 0.2) is 18.2 Å². The first-order chi connectivity index (χ1) is 5.86. The third-order valence-electron chi connectivity index (χ3n) is 1.73. The molecule has 3 heteroatoms. The number of hydrogen-bond acceptors (Lipinski definition) is 2. The van der Waals surface area contributed by atoms with Crippen LogP contribution in [0.1, 0.15) is 24.5 Å². The summed E-state index contributed by atoms with van der Waals surface area (Å²) in [6, 6.07) is 5.82. The average molecular weight is 184 g/mol.